The zero-order valence-electron chi connectivity index (χ0n) is 4.51. The van der Waals surface area contributed by atoms with E-state index in [1.165, 1.54) is 6.08 Å². The standard InChI is InChI=1S/C5H5NO3/c7-4-2-1-3(6-4)5(8)9/h1H,2H2,(H,6,7)(H,8,9)/p-1. The average molecular weight is 126 g/mol. The summed E-state index contributed by atoms with van der Waals surface area (Å²) in [4.78, 5) is 20.3. The van der Waals surface area contributed by atoms with Crippen molar-refractivity contribution in [2.75, 3.05) is 0 Å². The van der Waals surface area contributed by atoms with E-state index in [0.29, 0.717) is 0 Å². The summed E-state index contributed by atoms with van der Waals surface area (Å²) in [6.07, 6.45) is 1.43. The Morgan fingerprint density at radius 3 is 2.67 bits per heavy atom. The molecule has 0 atom stereocenters. The average Bonchev–Trinajstić information content (AvgIpc) is 2.14. The van der Waals surface area contributed by atoms with Crippen LogP contribution >= 0.6 is 0 Å². The first kappa shape index (κ1) is 5.81. The molecule has 4 heteroatoms. The second kappa shape index (κ2) is 1.89. The van der Waals surface area contributed by atoms with Crippen LogP contribution in [0.5, 0.6) is 0 Å². The Hall–Kier alpha value is -1.32. The first-order valence-electron chi connectivity index (χ1n) is 2.41. The fourth-order valence-corrected chi connectivity index (χ4v) is 0.581. The molecule has 0 unspecified atom stereocenters. The van der Waals surface area contributed by atoms with Gasteiger partial charge in [-0.3, -0.25) is 4.79 Å². The number of carbonyl (C=O) groups is 2. The lowest BCUT2D eigenvalue weighted by Gasteiger charge is -2.00. The van der Waals surface area contributed by atoms with Crippen LogP contribution in [0, 0.1) is 0 Å². The molecule has 1 aliphatic heterocycles. The fraction of sp³-hybridized carbons (Fsp3) is 0.200. The number of hydrogen-bond donors (Lipinski definition) is 1. The molecular formula is C5H4NO3-. The Kier molecular flexibility index (Phi) is 1.22. The minimum absolute atomic E-state index is 0.125. The Morgan fingerprint density at radius 1 is 1.78 bits per heavy atom. The topological polar surface area (TPSA) is 69.2 Å². The van der Waals surface area contributed by atoms with Crippen molar-refractivity contribution in [1.29, 1.82) is 0 Å². The predicted molar refractivity (Wildman–Crippen MR) is 25.8 cm³/mol. The van der Waals surface area contributed by atoms with E-state index in [-0.39, 0.29) is 18.0 Å². The second-order valence-corrected chi connectivity index (χ2v) is 1.66. The first-order chi connectivity index (χ1) is 4.20. The lowest BCUT2D eigenvalue weighted by molar-refractivity contribution is -0.299. The number of carboxylic acid groups (broad SMARTS) is 1. The molecule has 4 nitrogen and oxygen atoms in total. The smallest absolute Gasteiger partial charge is 0.228 e. The number of carboxylic acids is 1. The van der Waals surface area contributed by atoms with Crippen molar-refractivity contribution in [2.24, 2.45) is 0 Å². The number of amides is 1. The van der Waals surface area contributed by atoms with Crippen LogP contribution in [-0.2, 0) is 9.59 Å². The van der Waals surface area contributed by atoms with Crippen molar-refractivity contribution in [1.82, 2.24) is 5.32 Å². The van der Waals surface area contributed by atoms with Crippen molar-refractivity contribution in [3.63, 3.8) is 0 Å². The van der Waals surface area contributed by atoms with Crippen molar-refractivity contribution in [3.05, 3.63) is 11.8 Å². The molecule has 0 aromatic carbocycles. The summed E-state index contributed by atoms with van der Waals surface area (Å²) >= 11 is 0. The Morgan fingerprint density at radius 2 is 2.44 bits per heavy atom. The quantitative estimate of drug-likeness (QED) is 0.448. The molecule has 0 bridgehead atoms. The van der Waals surface area contributed by atoms with Crippen molar-refractivity contribution >= 4 is 11.9 Å². The lowest BCUT2D eigenvalue weighted by Crippen LogP contribution is -2.31. The van der Waals surface area contributed by atoms with E-state index in [1.807, 2.05) is 0 Å². The van der Waals surface area contributed by atoms with Crippen LogP contribution in [0.4, 0.5) is 0 Å². The fourth-order valence-electron chi connectivity index (χ4n) is 0.581. The third-order valence-electron chi connectivity index (χ3n) is 0.986. The van der Waals surface area contributed by atoms with Gasteiger partial charge in [-0.25, -0.2) is 0 Å². The minimum atomic E-state index is -1.33. The number of aliphatic carboxylic acids is 1. The molecule has 0 aromatic heterocycles. The third kappa shape index (κ3) is 1.07. The highest BCUT2D eigenvalue weighted by molar-refractivity contribution is 5.95. The third-order valence-corrected chi connectivity index (χ3v) is 0.986. The molecule has 48 valence electrons. The molecule has 1 rings (SSSR count). The van der Waals surface area contributed by atoms with E-state index in [4.69, 9.17) is 0 Å². The highest BCUT2D eigenvalue weighted by Gasteiger charge is 2.10. The van der Waals surface area contributed by atoms with Crippen molar-refractivity contribution in [2.45, 2.75) is 6.42 Å². The number of carbonyl (C=O) groups excluding carboxylic acids is 2. The molecule has 0 saturated heterocycles. The summed E-state index contributed by atoms with van der Waals surface area (Å²) in [6, 6.07) is 0. The zero-order chi connectivity index (χ0) is 6.85. The maximum atomic E-state index is 10.3. The van der Waals surface area contributed by atoms with E-state index in [0.717, 1.165) is 0 Å². The van der Waals surface area contributed by atoms with Gasteiger partial charge < -0.3 is 15.2 Å². The van der Waals surface area contributed by atoms with Gasteiger partial charge in [0.05, 0.1) is 11.7 Å². The van der Waals surface area contributed by atoms with Gasteiger partial charge in [0.25, 0.3) is 0 Å². The van der Waals surface area contributed by atoms with Gasteiger partial charge >= 0.3 is 0 Å². The molecule has 0 fully saturated rings. The van der Waals surface area contributed by atoms with E-state index in [2.05, 4.69) is 5.32 Å². The first-order valence-corrected chi connectivity index (χ1v) is 2.41. The van der Waals surface area contributed by atoms with Gasteiger partial charge in [-0.2, -0.15) is 0 Å². The molecule has 0 spiro atoms. The molecule has 1 N–H and O–H groups in total. The Balaban J connectivity index is 2.65. The molecule has 1 aliphatic rings. The van der Waals surface area contributed by atoms with Gasteiger partial charge in [0.15, 0.2) is 0 Å². The van der Waals surface area contributed by atoms with Crippen LogP contribution in [0.2, 0.25) is 0 Å². The van der Waals surface area contributed by atoms with E-state index in [1.54, 1.807) is 0 Å². The molecule has 1 amide bonds. The molecule has 0 radical (unpaired) electrons. The van der Waals surface area contributed by atoms with Gasteiger partial charge in [0.1, 0.15) is 0 Å². The van der Waals surface area contributed by atoms with Crippen molar-refractivity contribution in [3.8, 4) is 0 Å². The molecule has 9 heavy (non-hydrogen) atoms. The summed E-state index contributed by atoms with van der Waals surface area (Å²) < 4.78 is 0. The molecular weight excluding hydrogens is 122 g/mol. The molecule has 0 saturated carbocycles. The van der Waals surface area contributed by atoms with Gasteiger partial charge in [-0.1, -0.05) is 0 Å². The number of rotatable bonds is 1. The van der Waals surface area contributed by atoms with Crippen molar-refractivity contribution < 1.29 is 14.7 Å². The summed E-state index contributed by atoms with van der Waals surface area (Å²) in [5.41, 5.74) is -0.125. The Labute approximate surface area is 51.2 Å². The van der Waals surface area contributed by atoms with Crippen LogP contribution in [0.15, 0.2) is 11.8 Å². The maximum absolute atomic E-state index is 10.3. The van der Waals surface area contributed by atoms with Gasteiger partial charge in [0.2, 0.25) is 5.91 Å². The minimum Gasteiger partial charge on any atom is -0.543 e. The van der Waals surface area contributed by atoms with Crippen LogP contribution in [0.3, 0.4) is 0 Å². The molecule has 0 aromatic rings. The predicted octanol–water partition coefficient (Wildman–Crippen LogP) is -1.86. The number of hydrogen-bond acceptors (Lipinski definition) is 3. The van der Waals surface area contributed by atoms with E-state index in [9.17, 15) is 14.7 Å². The summed E-state index contributed by atoms with van der Waals surface area (Å²) in [5, 5.41) is 12.1. The van der Waals surface area contributed by atoms with Crippen LogP contribution in [0.1, 0.15) is 6.42 Å². The van der Waals surface area contributed by atoms with Gasteiger partial charge in [-0.05, 0) is 6.08 Å². The van der Waals surface area contributed by atoms with Crippen LogP contribution in [-0.4, -0.2) is 11.9 Å². The van der Waals surface area contributed by atoms with E-state index >= 15 is 0 Å². The SMILES string of the molecule is O=C1CC=C(C(=O)[O-])N1. The number of nitrogens with one attached hydrogen (secondary N) is 1. The normalized spacial score (nSPS) is 16.9. The van der Waals surface area contributed by atoms with Gasteiger partial charge in [0, 0.05) is 6.42 Å². The maximum Gasteiger partial charge on any atom is 0.228 e. The molecule has 1 heterocycles. The highest BCUT2D eigenvalue weighted by atomic mass is 16.4. The summed E-state index contributed by atoms with van der Waals surface area (Å²) in [6.45, 7) is 0. The second-order valence-electron chi connectivity index (χ2n) is 1.66. The monoisotopic (exact) mass is 126 g/mol. The summed E-state index contributed by atoms with van der Waals surface area (Å²) in [7, 11) is 0. The largest absolute Gasteiger partial charge is 0.543 e. The van der Waals surface area contributed by atoms with E-state index < -0.39 is 5.97 Å². The zero-order valence-corrected chi connectivity index (χ0v) is 4.51. The summed E-state index contributed by atoms with van der Waals surface area (Å²) in [5.74, 6) is -1.63. The lowest BCUT2D eigenvalue weighted by atomic mass is 10.4. The van der Waals surface area contributed by atoms with Gasteiger partial charge in [-0.15, -0.1) is 0 Å². The molecule has 0 aliphatic carbocycles. The highest BCUT2D eigenvalue weighted by Crippen LogP contribution is 1.99. The Bertz CT molecular complexity index is 194. The van der Waals surface area contributed by atoms with Crippen LogP contribution in [0.25, 0.3) is 0 Å². The van der Waals surface area contributed by atoms with Crippen LogP contribution < -0.4 is 10.4 Å².